The van der Waals surface area contributed by atoms with E-state index in [0.29, 0.717) is 19.4 Å². The van der Waals surface area contributed by atoms with Crippen molar-refractivity contribution in [2.45, 2.75) is 57.9 Å². The zero-order valence-electron chi connectivity index (χ0n) is 10.6. The molecule has 1 amide bonds. The molecular weight excluding hydrogens is 220 g/mol. The lowest BCUT2D eigenvalue weighted by atomic mass is 10.1. The Morgan fingerprint density at radius 2 is 1.94 bits per heavy atom. The van der Waals surface area contributed by atoms with Crippen LogP contribution in [0.4, 0.5) is 0 Å². The van der Waals surface area contributed by atoms with E-state index >= 15 is 0 Å². The molecule has 0 fully saturated rings. The third-order valence-corrected chi connectivity index (χ3v) is 2.59. The van der Waals surface area contributed by atoms with Gasteiger partial charge in [0.25, 0.3) is 0 Å². The van der Waals surface area contributed by atoms with Crippen LogP contribution in [-0.2, 0) is 9.59 Å². The molecule has 0 heterocycles. The quantitative estimate of drug-likeness (QED) is 0.504. The highest BCUT2D eigenvalue weighted by Crippen LogP contribution is 2.03. The van der Waals surface area contributed by atoms with Crippen LogP contribution in [0.5, 0.6) is 0 Å². The van der Waals surface area contributed by atoms with E-state index in [0.717, 1.165) is 32.1 Å². The zero-order valence-corrected chi connectivity index (χ0v) is 10.6. The Morgan fingerprint density at radius 3 is 2.47 bits per heavy atom. The Bertz CT molecular complexity index is 232. The Labute approximate surface area is 103 Å². The molecule has 0 aromatic carbocycles. The predicted octanol–water partition coefficient (Wildman–Crippen LogP) is 1.27. The minimum atomic E-state index is -0.950. The maximum absolute atomic E-state index is 11.5. The Balaban J connectivity index is 3.83. The Hall–Kier alpha value is -1.10. The predicted molar refractivity (Wildman–Crippen MR) is 66.6 cm³/mol. The lowest BCUT2D eigenvalue weighted by Crippen LogP contribution is -2.40. The normalized spacial score (nSPS) is 12.1. The molecule has 0 aliphatic rings. The first-order chi connectivity index (χ1) is 8.11. The van der Waals surface area contributed by atoms with Crippen molar-refractivity contribution in [3.05, 3.63) is 0 Å². The molecule has 5 heteroatoms. The molecule has 0 aromatic rings. The molecule has 0 rings (SSSR count). The third kappa shape index (κ3) is 8.68. The lowest BCUT2D eigenvalue weighted by Gasteiger charge is -2.13. The van der Waals surface area contributed by atoms with E-state index in [1.807, 2.05) is 6.92 Å². The van der Waals surface area contributed by atoms with E-state index in [4.69, 9.17) is 10.8 Å². The zero-order chi connectivity index (χ0) is 13.1. The number of hydrogen-bond donors (Lipinski definition) is 3. The monoisotopic (exact) mass is 244 g/mol. The highest BCUT2D eigenvalue weighted by molar-refractivity contribution is 5.83. The number of amides is 1. The molecule has 17 heavy (non-hydrogen) atoms. The van der Waals surface area contributed by atoms with Crippen molar-refractivity contribution < 1.29 is 14.7 Å². The third-order valence-electron chi connectivity index (χ3n) is 2.59. The molecule has 0 spiro atoms. The van der Waals surface area contributed by atoms with Crippen molar-refractivity contribution in [2.24, 2.45) is 5.73 Å². The molecule has 5 nitrogen and oxygen atoms in total. The second kappa shape index (κ2) is 10.1. The van der Waals surface area contributed by atoms with Crippen molar-refractivity contribution in [1.29, 1.82) is 0 Å². The molecule has 0 aliphatic heterocycles. The van der Waals surface area contributed by atoms with Gasteiger partial charge in [-0.3, -0.25) is 4.79 Å². The van der Waals surface area contributed by atoms with Crippen LogP contribution in [0.2, 0.25) is 0 Å². The van der Waals surface area contributed by atoms with Gasteiger partial charge in [-0.15, -0.1) is 0 Å². The fourth-order valence-electron chi connectivity index (χ4n) is 1.54. The largest absolute Gasteiger partial charge is 0.480 e. The van der Waals surface area contributed by atoms with Crippen LogP contribution in [0.25, 0.3) is 0 Å². The average molecular weight is 244 g/mol. The van der Waals surface area contributed by atoms with Crippen LogP contribution in [0, 0.1) is 0 Å². The fourth-order valence-corrected chi connectivity index (χ4v) is 1.54. The molecule has 0 saturated heterocycles. The van der Waals surface area contributed by atoms with E-state index in [1.54, 1.807) is 0 Å². The summed E-state index contributed by atoms with van der Waals surface area (Å²) in [6.45, 7) is 2.63. The summed E-state index contributed by atoms with van der Waals surface area (Å²) in [4.78, 5) is 22.4. The summed E-state index contributed by atoms with van der Waals surface area (Å²) in [7, 11) is 0. The number of carbonyl (C=O) groups excluding carboxylic acids is 1. The molecule has 100 valence electrons. The highest BCUT2D eigenvalue weighted by atomic mass is 16.4. The van der Waals surface area contributed by atoms with E-state index in [-0.39, 0.29) is 5.91 Å². The van der Waals surface area contributed by atoms with Gasteiger partial charge < -0.3 is 16.2 Å². The van der Waals surface area contributed by atoms with Crippen LogP contribution in [-0.4, -0.2) is 29.6 Å². The number of nitrogens with one attached hydrogen (secondary N) is 1. The minimum absolute atomic E-state index is 0.175. The van der Waals surface area contributed by atoms with Gasteiger partial charge in [0.05, 0.1) is 0 Å². The molecule has 0 bridgehead atoms. The molecule has 0 aliphatic carbocycles. The van der Waals surface area contributed by atoms with Gasteiger partial charge in [-0.25, -0.2) is 4.79 Å². The first-order valence-electron chi connectivity index (χ1n) is 6.34. The Morgan fingerprint density at radius 1 is 1.24 bits per heavy atom. The molecule has 1 unspecified atom stereocenters. The number of unbranched alkanes of at least 4 members (excludes halogenated alkanes) is 3. The number of carbonyl (C=O) groups is 2. The summed E-state index contributed by atoms with van der Waals surface area (Å²) < 4.78 is 0. The van der Waals surface area contributed by atoms with Crippen molar-refractivity contribution in [1.82, 2.24) is 5.32 Å². The van der Waals surface area contributed by atoms with Gasteiger partial charge in [0.15, 0.2) is 0 Å². The average Bonchev–Trinajstić information content (AvgIpc) is 2.29. The van der Waals surface area contributed by atoms with Gasteiger partial charge >= 0.3 is 5.97 Å². The highest BCUT2D eigenvalue weighted by Gasteiger charge is 2.18. The number of rotatable bonds is 10. The summed E-state index contributed by atoms with van der Waals surface area (Å²) in [5.41, 5.74) is 5.34. The summed E-state index contributed by atoms with van der Waals surface area (Å²) in [6.07, 6.45) is 5.21. The number of aliphatic carboxylic acids is 1. The topological polar surface area (TPSA) is 92.4 Å². The maximum atomic E-state index is 11.5. The van der Waals surface area contributed by atoms with Gasteiger partial charge in [0.2, 0.25) is 5.91 Å². The first-order valence-corrected chi connectivity index (χ1v) is 6.34. The second-order valence-electron chi connectivity index (χ2n) is 4.20. The number of nitrogens with two attached hydrogens (primary N) is 1. The van der Waals surface area contributed by atoms with Gasteiger partial charge in [-0.05, 0) is 25.8 Å². The van der Waals surface area contributed by atoms with Crippen molar-refractivity contribution in [3.8, 4) is 0 Å². The number of hydrogen-bond acceptors (Lipinski definition) is 3. The van der Waals surface area contributed by atoms with Gasteiger partial charge in [0.1, 0.15) is 6.04 Å². The second-order valence-corrected chi connectivity index (χ2v) is 4.20. The van der Waals surface area contributed by atoms with Gasteiger partial charge in [-0.2, -0.15) is 0 Å². The van der Waals surface area contributed by atoms with E-state index in [1.165, 1.54) is 0 Å². The van der Waals surface area contributed by atoms with Crippen LogP contribution in [0.15, 0.2) is 0 Å². The fraction of sp³-hybridized carbons (Fsp3) is 0.833. The van der Waals surface area contributed by atoms with Gasteiger partial charge in [0, 0.05) is 6.42 Å². The smallest absolute Gasteiger partial charge is 0.326 e. The van der Waals surface area contributed by atoms with Crippen molar-refractivity contribution in [3.63, 3.8) is 0 Å². The van der Waals surface area contributed by atoms with Gasteiger partial charge in [-0.1, -0.05) is 26.2 Å². The molecule has 0 radical (unpaired) electrons. The lowest BCUT2D eigenvalue weighted by molar-refractivity contribution is -0.142. The van der Waals surface area contributed by atoms with E-state index in [2.05, 4.69) is 5.32 Å². The Kier molecular flexibility index (Phi) is 9.43. The molecular formula is C12H24N2O3. The summed E-state index contributed by atoms with van der Waals surface area (Å²) in [5, 5.41) is 11.5. The van der Waals surface area contributed by atoms with Crippen LogP contribution < -0.4 is 11.1 Å². The summed E-state index contributed by atoms with van der Waals surface area (Å²) >= 11 is 0. The molecule has 0 saturated carbocycles. The SMILES string of the molecule is CCCCC(NC(=O)CCCCCN)C(=O)O. The summed E-state index contributed by atoms with van der Waals surface area (Å²) in [5.74, 6) is -1.13. The van der Waals surface area contributed by atoms with E-state index < -0.39 is 12.0 Å². The first kappa shape index (κ1) is 15.9. The standard InChI is InChI=1S/C12H24N2O3/c1-2-3-7-10(12(16)17)14-11(15)8-5-4-6-9-13/h10H,2-9,13H2,1H3,(H,14,15)(H,16,17). The minimum Gasteiger partial charge on any atom is -0.480 e. The van der Waals surface area contributed by atoms with Crippen LogP contribution in [0.3, 0.4) is 0 Å². The van der Waals surface area contributed by atoms with Crippen LogP contribution >= 0.6 is 0 Å². The molecule has 4 N–H and O–H groups in total. The molecule has 0 aromatic heterocycles. The number of carboxylic acid groups (broad SMARTS) is 1. The summed E-state index contributed by atoms with van der Waals surface area (Å²) in [6, 6.07) is -0.739. The maximum Gasteiger partial charge on any atom is 0.326 e. The van der Waals surface area contributed by atoms with Crippen molar-refractivity contribution in [2.75, 3.05) is 6.54 Å². The number of carboxylic acids is 1. The van der Waals surface area contributed by atoms with E-state index in [9.17, 15) is 9.59 Å². The van der Waals surface area contributed by atoms with Crippen molar-refractivity contribution >= 4 is 11.9 Å². The molecule has 1 atom stereocenters. The van der Waals surface area contributed by atoms with Crippen LogP contribution in [0.1, 0.15) is 51.9 Å².